The molecular weight excluding hydrogens is 448 g/mol. The van der Waals surface area contributed by atoms with Gasteiger partial charge in [0.15, 0.2) is 0 Å². The van der Waals surface area contributed by atoms with E-state index in [1.807, 2.05) is 33.8 Å². The lowest BCUT2D eigenvalue weighted by atomic mass is 9.99. The molecule has 1 aliphatic heterocycles. The number of methoxy groups -OCH3 is 1. The standard InChI is InChI=1S/C23H29ClN4O5/c1-13-20(32-8-7-28(13)22(30)33-23(2,3)4)14-9-16(27-19(24)10-14)15-11-17(21(29)25-5)26-12-18(15)31-6/h9-13,20H,7-8H2,1-6H3,(H,25,29)/t13-,20?/m1/s1. The smallest absolute Gasteiger partial charge is 0.410 e. The zero-order valence-corrected chi connectivity index (χ0v) is 20.4. The average molecular weight is 477 g/mol. The van der Waals surface area contributed by atoms with Gasteiger partial charge in [0.1, 0.15) is 28.3 Å². The van der Waals surface area contributed by atoms with E-state index in [1.54, 1.807) is 17.0 Å². The van der Waals surface area contributed by atoms with Gasteiger partial charge in [0.25, 0.3) is 5.91 Å². The molecule has 0 saturated carbocycles. The largest absolute Gasteiger partial charge is 0.494 e. The van der Waals surface area contributed by atoms with Crippen LogP contribution in [0, 0.1) is 0 Å². The first-order valence-electron chi connectivity index (χ1n) is 10.6. The minimum atomic E-state index is -0.599. The van der Waals surface area contributed by atoms with Crippen molar-refractivity contribution in [3.05, 3.63) is 40.8 Å². The Morgan fingerprint density at radius 3 is 2.64 bits per heavy atom. The summed E-state index contributed by atoms with van der Waals surface area (Å²) in [6.45, 7) is 8.17. The molecule has 1 aliphatic rings. The molecule has 2 aromatic heterocycles. The lowest BCUT2D eigenvalue weighted by Crippen LogP contribution is -2.50. The van der Waals surface area contributed by atoms with Crippen molar-refractivity contribution in [2.24, 2.45) is 0 Å². The fourth-order valence-electron chi connectivity index (χ4n) is 3.61. The Morgan fingerprint density at radius 2 is 2.00 bits per heavy atom. The van der Waals surface area contributed by atoms with Gasteiger partial charge in [-0.2, -0.15) is 0 Å². The predicted molar refractivity (Wildman–Crippen MR) is 124 cm³/mol. The van der Waals surface area contributed by atoms with Gasteiger partial charge in [-0.1, -0.05) is 11.6 Å². The second-order valence-corrected chi connectivity index (χ2v) is 9.05. The van der Waals surface area contributed by atoms with E-state index in [4.69, 9.17) is 25.8 Å². The minimum absolute atomic E-state index is 0.218. The fourth-order valence-corrected chi connectivity index (χ4v) is 3.83. The highest BCUT2D eigenvalue weighted by atomic mass is 35.5. The van der Waals surface area contributed by atoms with Crippen molar-refractivity contribution in [1.82, 2.24) is 20.2 Å². The molecule has 0 bridgehead atoms. The number of aromatic nitrogens is 2. The molecule has 33 heavy (non-hydrogen) atoms. The van der Waals surface area contributed by atoms with Crippen LogP contribution in [0.1, 0.15) is 49.9 Å². The summed E-state index contributed by atoms with van der Waals surface area (Å²) in [4.78, 5) is 35.0. The van der Waals surface area contributed by atoms with Crippen molar-refractivity contribution in [1.29, 1.82) is 0 Å². The topological polar surface area (TPSA) is 103 Å². The van der Waals surface area contributed by atoms with Crippen molar-refractivity contribution in [3.8, 4) is 17.0 Å². The average Bonchev–Trinajstić information content (AvgIpc) is 2.76. The Morgan fingerprint density at radius 1 is 1.27 bits per heavy atom. The van der Waals surface area contributed by atoms with Crippen molar-refractivity contribution in [2.75, 3.05) is 27.3 Å². The van der Waals surface area contributed by atoms with E-state index in [9.17, 15) is 9.59 Å². The van der Waals surface area contributed by atoms with Crippen molar-refractivity contribution >= 4 is 23.6 Å². The van der Waals surface area contributed by atoms with Gasteiger partial charge < -0.3 is 24.4 Å². The van der Waals surface area contributed by atoms with Crippen LogP contribution in [-0.2, 0) is 9.47 Å². The molecule has 1 unspecified atom stereocenters. The third-order valence-corrected chi connectivity index (χ3v) is 5.35. The number of hydrogen-bond donors (Lipinski definition) is 1. The number of rotatable bonds is 4. The number of nitrogens with zero attached hydrogens (tertiary/aromatic N) is 3. The first kappa shape index (κ1) is 24.7. The van der Waals surface area contributed by atoms with Crippen LogP contribution < -0.4 is 10.1 Å². The fraction of sp³-hybridized carbons (Fsp3) is 0.478. The SMILES string of the molecule is CNC(=O)c1cc(-c2cc(C3OCCN(C(=O)OC(C)(C)C)[C@@H]3C)cc(Cl)n2)c(OC)cn1. The van der Waals surface area contributed by atoms with Crippen molar-refractivity contribution < 1.29 is 23.8 Å². The maximum atomic E-state index is 12.7. The van der Waals surface area contributed by atoms with Gasteiger partial charge in [0.05, 0.1) is 31.6 Å². The molecule has 1 N–H and O–H groups in total. The molecule has 3 rings (SSSR count). The van der Waals surface area contributed by atoms with Gasteiger partial charge in [0, 0.05) is 19.2 Å². The molecule has 9 nitrogen and oxygen atoms in total. The molecule has 0 aliphatic carbocycles. The van der Waals surface area contributed by atoms with E-state index in [1.165, 1.54) is 20.4 Å². The number of pyridine rings is 2. The highest BCUT2D eigenvalue weighted by molar-refractivity contribution is 6.29. The first-order valence-corrected chi connectivity index (χ1v) is 11.0. The van der Waals surface area contributed by atoms with Crippen LogP contribution in [0.4, 0.5) is 4.79 Å². The molecular formula is C23H29ClN4O5. The molecule has 2 aromatic rings. The highest BCUT2D eigenvalue weighted by Gasteiger charge is 2.36. The van der Waals surface area contributed by atoms with Gasteiger partial charge >= 0.3 is 6.09 Å². The van der Waals surface area contributed by atoms with Crippen molar-refractivity contribution in [3.63, 3.8) is 0 Å². The maximum absolute atomic E-state index is 12.7. The lowest BCUT2D eigenvalue weighted by molar-refractivity contribution is -0.0723. The Kier molecular flexibility index (Phi) is 7.44. The van der Waals surface area contributed by atoms with Gasteiger partial charge in [-0.05, 0) is 51.5 Å². The molecule has 10 heteroatoms. The van der Waals surface area contributed by atoms with E-state index in [0.29, 0.717) is 30.2 Å². The Balaban J connectivity index is 1.98. The number of hydrogen-bond acceptors (Lipinski definition) is 7. The van der Waals surface area contributed by atoms with E-state index >= 15 is 0 Å². The zero-order valence-electron chi connectivity index (χ0n) is 19.6. The lowest BCUT2D eigenvalue weighted by Gasteiger charge is -2.40. The molecule has 0 aromatic carbocycles. The number of nitrogens with one attached hydrogen (secondary N) is 1. The van der Waals surface area contributed by atoms with Crippen LogP contribution >= 0.6 is 11.6 Å². The molecule has 178 valence electrons. The summed E-state index contributed by atoms with van der Waals surface area (Å²) in [5.74, 6) is 0.106. The predicted octanol–water partition coefficient (Wildman–Crippen LogP) is 3.86. The van der Waals surface area contributed by atoms with Crippen LogP contribution in [-0.4, -0.2) is 65.8 Å². The van der Waals surface area contributed by atoms with E-state index < -0.39 is 17.8 Å². The molecule has 0 spiro atoms. The van der Waals surface area contributed by atoms with Gasteiger partial charge in [0.2, 0.25) is 0 Å². The first-order chi connectivity index (χ1) is 15.5. The molecule has 2 amide bonds. The summed E-state index contributed by atoms with van der Waals surface area (Å²) in [6.07, 6.45) is 0.623. The second-order valence-electron chi connectivity index (χ2n) is 8.66. The summed E-state index contributed by atoms with van der Waals surface area (Å²) < 4.78 is 17.0. The van der Waals surface area contributed by atoms with Crippen molar-refractivity contribution in [2.45, 2.75) is 45.4 Å². The van der Waals surface area contributed by atoms with Crippen LogP contribution in [0.3, 0.4) is 0 Å². The Labute approximate surface area is 198 Å². The number of amides is 2. The van der Waals surface area contributed by atoms with E-state index in [-0.39, 0.29) is 22.8 Å². The molecule has 1 fully saturated rings. The van der Waals surface area contributed by atoms with Crippen LogP contribution in [0.5, 0.6) is 5.75 Å². The quantitative estimate of drug-likeness (QED) is 0.668. The normalized spacial score (nSPS) is 18.6. The number of carbonyl (C=O) groups is 2. The van der Waals surface area contributed by atoms with Gasteiger partial charge in [-0.3, -0.25) is 4.79 Å². The summed E-state index contributed by atoms with van der Waals surface area (Å²) >= 11 is 6.37. The van der Waals surface area contributed by atoms with Gasteiger partial charge in [-0.25, -0.2) is 14.8 Å². The Bertz CT molecular complexity index is 1040. The molecule has 2 atom stereocenters. The Hall–Kier alpha value is -2.91. The molecule has 1 saturated heterocycles. The van der Waals surface area contributed by atoms with E-state index in [0.717, 1.165) is 5.56 Å². The molecule has 0 radical (unpaired) electrons. The monoisotopic (exact) mass is 476 g/mol. The number of ether oxygens (including phenoxy) is 3. The number of morpholine rings is 1. The summed E-state index contributed by atoms with van der Waals surface area (Å²) in [7, 11) is 3.04. The number of halogens is 1. The minimum Gasteiger partial charge on any atom is -0.494 e. The highest BCUT2D eigenvalue weighted by Crippen LogP contribution is 2.35. The second kappa shape index (κ2) is 9.93. The molecule has 3 heterocycles. The summed E-state index contributed by atoms with van der Waals surface area (Å²) in [5.41, 5.74) is 1.41. The third-order valence-electron chi connectivity index (χ3n) is 5.16. The van der Waals surface area contributed by atoms with Crippen LogP contribution in [0.25, 0.3) is 11.3 Å². The van der Waals surface area contributed by atoms with E-state index in [2.05, 4.69) is 15.3 Å². The van der Waals surface area contributed by atoms with Crippen LogP contribution in [0.2, 0.25) is 5.15 Å². The van der Waals surface area contributed by atoms with Gasteiger partial charge in [-0.15, -0.1) is 0 Å². The zero-order chi connectivity index (χ0) is 24.3. The maximum Gasteiger partial charge on any atom is 0.410 e. The third kappa shape index (κ3) is 5.72. The van der Waals surface area contributed by atoms with Crippen LogP contribution in [0.15, 0.2) is 24.4 Å². The summed E-state index contributed by atoms with van der Waals surface area (Å²) in [6, 6.07) is 4.81. The number of carbonyl (C=O) groups excluding carboxylic acids is 2. The summed E-state index contributed by atoms with van der Waals surface area (Å²) in [5, 5.41) is 2.79.